The third kappa shape index (κ3) is 4.57. The number of nitrogens with zero attached hydrogens (tertiary/aromatic N) is 1. The Morgan fingerprint density at radius 2 is 1.55 bits per heavy atom. The number of aryl methyl sites for hydroxylation is 1. The van der Waals surface area contributed by atoms with Crippen LogP contribution in [0.2, 0.25) is 0 Å². The standard InChI is InChI=1S/C22H22N2O4S/c1-17-10-6-7-13-19(17)23-22(25)16-24(20-14-8-9-15-21(20)28-2)29(26,27)18-11-4-3-5-12-18/h3-15H,16H2,1-2H3,(H,23,25). The molecule has 6 nitrogen and oxygen atoms in total. The van der Waals surface area contributed by atoms with Crippen LogP contribution in [0.4, 0.5) is 11.4 Å². The lowest BCUT2D eigenvalue weighted by molar-refractivity contribution is -0.114. The number of ether oxygens (including phenoxy) is 1. The van der Waals surface area contributed by atoms with Gasteiger partial charge in [0.2, 0.25) is 5.91 Å². The van der Waals surface area contributed by atoms with Gasteiger partial charge in [0.1, 0.15) is 12.3 Å². The third-order valence-corrected chi connectivity index (χ3v) is 6.17. The normalized spacial score (nSPS) is 11.0. The van der Waals surface area contributed by atoms with Crippen LogP contribution in [0, 0.1) is 6.92 Å². The molecule has 0 aliphatic rings. The molecule has 3 aromatic carbocycles. The van der Waals surface area contributed by atoms with Gasteiger partial charge in [0.15, 0.2) is 0 Å². The van der Waals surface area contributed by atoms with Gasteiger partial charge in [-0.05, 0) is 42.8 Å². The van der Waals surface area contributed by atoms with Crippen LogP contribution in [0.3, 0.4) is 0 Å². The van der Waals surface area contributed by atoms with Gasteiger partial charge in [0, 0.05) is 5.69 Å². The maximum Gasteiger partial charge on any atom is 0.264 e. The van der Waals surface area contributed by atoms with Crippen molar-refractivity contribution in [2.24, 2.45) is 0 Å². The van der Waals surface area contributed by atoms with E-state index in [1.165, 1.54) is 19.2 Å². The van der Waals surface area contributed by atoms with Crippen molar-refractivity contribution in [2.75, 3.05) is 23.3 Å². The van der Waals surface area contributed by atoms with Crippen molar-refractivity contribution in [1.82, 2.24) is 0 Å². The number of carbonyl (C=O) groups is 1. The number of carbonyl (C=O) groups excluding carboxylic acids is 1. The lowest BCUT2D eigenvalue weighted by Gasteiger charge is -2.25. The fourth-order valence-electron chi connectivity index (χ4n) is 2.89. The molecule has 1 N–H and O–H groups in total. The molecule has 0 radical (unpaired) electrons. The van der Waals surface area contributed by atoms with Crippen molar-refractivity contribution in [1.29, 1.82) is 0 Å². The second kappa shape index (κ2) is 8.79. The van der Waals surface area contributed by atoms with Gasteiger partial charge in [-0.1, -0.05) is 48.5 Å². The summed E-state index contributed by atoms with van der Waals surface area (Å²) in [5.41, 5.74) is 1.81. The third-order valence-electron chi connectivity index (χ3n) is 4.39. The van der Waals surface area contributed by atoms with Gasteiger partial charge in [-0.2, -0.15) is 0 Å². The Kier molecular flexibility index (Phi) is 6.19. The average molecular weight is 410 g/mol. The quantitative estimate of drug-likeness (QED) is 0.642. The van der Waals surface area contributed by atoms with E-state index in [2.05, 4.69) is 5.32 Å². The van der Waals surface area contributed by atoms with Crippen LogP contribution < -0.4 is 14.4 Å². The number of hydrogen-bond acceptors (Lipinski definition) is 4. The molecule has 0 atom stereocenters. The van der Waals surface area contributed by atoms with Crippen LogP contribution in [-0.4, -0.2) is 28.0 Å². The summed E-state index contributed by atoms with van der Waals surface area (Å²) >= 11 is 0. The molecule has 3 rings (SSSR count). The Labute approximate surface area is 170 Å². The minimum Gasteiger partial charge on any atom is -0.495 e. The summed E-state index contributed by atoms with van der Waals surface area (Å²) in [6.45, 7) is 1.47. The molecule has 0 bridgehead atoms. The first-order valence-corrected chi connectivity index (χ1v) is 10.4. The number of para-hydroxylation sites is 3. The predicted molar refractivity (Wildman–Crippen MR) is 114 cm³/mol. The Hall–Kier alpha value is -3.32. The van der Waals surface area contributed by atoms with E-state index < -0.39 is 22.5 Å². The number of sulfonamides is 1. The summed E-state index contributed by atoms with van der Waals surface area (Å²) in [5, 5.41) is 2.79. The molecular formula is C22H22N2O4S. The summed E-state index contributed by atoms with van der Waals surface area (Å²) in [5.74, 6) is -0.0968. The van der Waals surface area contributed by atoms with E-state index in [9.17, 15) is 13.2 Å². The largest absolute Gasteiger partial charge is 0.495 e. The summed E-state index contributed by atoms with van der Waals surface area (Å²) in [6, 6.07) is 22.0. The zero-order chi connectivity index (χ0) is 20.9. The van der Waals surface area contributed by atoms with Crippen LogP contribution in [0.5, 0.6) is 5.75 Å². The molecule has 0 unspecified atom stereocenters. The number of anilines is 2. The monoisotopic (exact) mass is 410 g/mol. The highest BCUT2D eigenvalue weighted by Gasteiger charge is 2.29. The molecule has 3 aromatic rings. The van der Waals surface area contributed by atoms with Crippen molar-refractivity contribution >= 4 is 27.3 Å². The van der Waals surface area contributed by atoms with Crippen LogP contribution in [0.1, 0.15) is 5.56 Å². The summed E-state index contributed by atoms with van der Waals surface area (Å²) in [6.07, 6.45) is 0. The molecule has 0 heterocycles. The molecule has 0 saturated carbocycles. The Morgan fingerprint density at radius 1 is 0.931 bits per heavy atom. The number of amides is 1. The molecule has 29 heavy (non-hydrogen) atoms. The van der Waals surface area contributed by atoms with E-state index in [-0.39, 0.29) is 4.90 Å². The molecule has 0 fully saturated rings. The van der Waals surface area contributed by atoms with E-state index in [0.29, 0.717) is 17.1 Å². The van der Waals surface area contributed by atoms with Crippen molar-refractivity contribution in [3.8, 4) is 5.75 Å². The summed E-state index contributed by atoms with van der Waals surface area (Å²) in [7, 11) is -2.53. The molecule has 0 spiro atoms. The Bertz CT molecular complexity index is 1100. The first kappa shape index (κ1) is 20.4. The van der Waals surface area contributed by atoms with Crippen LogP contribution in [-0.2, 0) is 14.8 Å². The van der Waals surface area contributed by atoms with Crippen LogP contribution in [0.15, 0.2) is 83.8 Å². The van der Waals surface area contributed by atoms with E-state index in [1.807, 2.05) is 19.1 Å². The Morgan fingerprint density at radius 3 is 2.24 bits per heavy atom. The zero-order valence-corrected chi connectivity index (χ0v) is 17.0. The van der Waals surface area contributed by atoms with Crippen LogP contribution in [0.25, 0.3) is 0 Å². The van der Waals surface area contributed by atoms with Gasteiger partial charge >= 0.3 is 0 Å². The highest BCUT2D eigenvalue weighted by atomic mass is 32.2. The SMILES string of the molecule is COc1ccccc1N(CC(=O)Nc1ccccc1C)S(=O)(=O)c1ccccc1. The summed E-state index contributed by atoms with van der Waals surface area (Å²) in [4.78, 5) is 12.9. The van der Waals surface area contributed by atoms with Crippen molar-refractivity contribution < 1.29 is 17.9 Å². The molecular weight excluding hydrogens is 388 g/mol. The van der Waals surface area contributed by atoms with Crippen molar-refractivity contribution in [3.63, 3.8) is 0 Å². The first-order valence-electron chi connectivity index (χ1n) is 9.00. The topological polar surface area (TPSA) is 75.7 Å². The average Bonchev–Trinajstić information content (AvgIpc) is 2.74. The smallest absolute Gasteiger partial charge is 0.264 e. The molecule has 150 valence electrons. The van der Waals surface area contributed by atoms with Gasteiger partial charge in [0.05, 0.1) is 17.7 Å². The molecule has 0 aliphatic heterocycles. The number of benzene rings is 3. The summed E-state index contributed by atoms with van der Waals surface area (Å²) < 4.78 is 33.1. The fraction of sp³-hybridized carbons (Fsp3) is 0.136. The van der Waals surface area contributed by atoms with E-state index >= 15 is 0 Å². The van der Waals surface area contributed by atoms with Crippen LogP contribution >= 0.6 is 0 Å². The lowest BCUT2D eigenvalue weighted by Crippen LogP contribution is -2.38. The number of rotatable bonds is 7. The number of methoxy groups -OCH3 is 1. The second-order valence-corrected chi connectivity index (χ2v) is 8.22. The molecule has 0 aliphatic carbocycles. The molecule has 0 saturated heterocycles. The van der Waals surface area contributed by atoms with Crippen molar-refractivity contribution in [3.05, 3.63) is 84.4 Å². The molecule has 1 amide bonds. The van der Waals surface area contributed by atoms with E-state index in [4.69, 9.17) is 4.74 Å². The second-order valence-electron chi connectivity index (χ2n) is 6.36. The maximum absolute atomic E-state index is 13.3. The fourth-order valence-corrected chi connectivity index (χ4v) is 4.34. The minimum absolute atomic E-state index is 0.0922. The lowest BCUT2D eigenvalue weighted by atomic mass is 10.2. The van der Waals surface area contributed by atoms with Crippen molar-refractivity contribution in [2.45, 2.75) is 11.8 Å². The van der Waals surface area contributed by atoms with Gasteiger partial charge in [-0.3, -0.25) is 9.10 Å². The number of nitrogens with one attached hydrogen (secondary N) is 1. The Balaban J connectivity index is 1.99. The van der Waals surface area contributed by atoms with Gasteiger partial charge in [-0.15, -0.1) is 0 Å². The van der Waals surface area contributed by atoms with Gasteiger partial charge in [0.25, 0.3) is 10.0 Å². The highest BCUT2D eigenvalue weighted by Crippen LogP contribution is 2.32. The van der Waals surface area contributed by atoms with E-state index in [0.717, 1.165) is 9.87 Å². The predicted octanol–water partition coefficient (Wildman–Crippen LogP) is 3.84. The first-order chi connectivity index (χ1) is 13.9. The minimum atomic E-state index is -3.99. The van der Waals surface area contributed by atoms with Gasteiger partial charge in [-0.25, -0.2) is 8.42 Å². The van der Waals surface area contributed by atoms with E-state index in [1.54, 1.807) is 54.6 Å². The maximum atomic E-state index is 13.3. The zero-order valence-electron chi connectivity index (χ0n) is 16.2. The van der Waals surface area contributed by atoms with Gasteiger partial charge < -0.3 is 10.1 Å². The highest BCUT2D eigenvalue weighted by molar-refractivity contribution is 7.92. The molecule has 0 aromatic heterocycles. The molecule has 7 heteroatoms. The number of hydrogen-bond donors (Lipinski definition) is 1.